The van der Waals surface area contributed by atoms with Crippen LogP contribution in [0.2, 0.25) is 0 Å². The Morgan fingerprint density at radius 1 is 1.39 bits per heavy atom. The van der Waals surface area contributed by atoms with Crippen LogP contribution in [0.25, 0.3) is 10.1 Å². The van der Waals surface area contributed by atoms with Crippen LogP contribution in [0.15, 0.2) is 29.1 Å². The molecule has 0 saturated carbocycles. The highest BCUT2D eigenvalue weighted by atomic mass is 32.1. The predicted molar refractivity (Wildman–Crippen MR) is 76.2 cm³/mol. The molecule has 0 aliphatic rings. The van der Waals surface area contributed by atoms with Crippen molar-refractivity contribution in [1.82, 2.24) is 3.96 Å². The van der Waals surface area contributed by atoms with Gasteiger partial charge in [0.15, 0.2) is 0 Å². The summed E-state index contributed by atoms with van der Waals surface area (Å²) < 4.78 is 2.63. The van der Waals surface area contributed by atoms with Crippen molar-refractivity contribution < 1.29 is 5.11 Å². The van der Waals surface area contributed by atoms with Crippen molar-refractivity contribution in [3.05, 3.63) is 34.6 Å². The van der Waals surface area contributed by atoms with Crippen molar-refractivity contribution in [3.63, 3.8) is 0 Å². The highest BCUT2D eigenvalue weighted by Gasteiger charge is 2.24. The van der Waals surface area contributed by atoms with Gasteiger partial charge in [0, 0.05) is 0 Å². The number of aromatic nitrogens is 1. The van der Waals surface area contributed by atoms with Gasteiger partial charge in [-0.1, -0.05) is 37.5 Å². The molecule has 3 nitrogen and oxygen atoms in total. The fourth-order valence-corrected chi connectivity index (χ4v) is 3.53. The van der Waals surface area contributed by atoms with Gasteiger partial charge in [-0.05, 0) is 31.4 Å². The zero-order valence-corrected chi connectivity index (χ0v) is 11.8. The summed E-state index contributed by atoms with van der Waals surface area (Å²) in [5.74, 6) is 0.407. The summed E-state index contributed by atoms with van der Waals surface area (Å²) in [6.45, 7) is 6.30. The van der Waals surface area contributed by atoms with E-state index in [-0.39, 0.29) is 5.56 Å². The highest BCUT2D eigenvalue weighted by Crippen LogP contribution is 2.22. The molecular weight excluding hydrogens is 246 g/mol. The largest absolute Gasteiger partial charge is 0.388 e. The molecule has 1 aromatic carbocycles. The molecule has 1 aromatic heterocycles. The minimum Gasteiger partial charge on any atom is -0.388 e. The number of nitrogens with zero attached hydrogens (tertiary/aromatic N) is 1. The lowest BCUT2D eigenvalue weighted by atomic mass is 9.94. The molecule has 1 heterocycles. The van der Waals surface area contributed by atoms with Crippen LogP contribution in [-0.2, 0) is 6.54 Å². The maximum absolute atomic E-state index is 12.2. The average Bonchev–Trinajstić information content (AvgIpc) is 2.54. The van der Waals surface area contributed by atoms with E-state index < -0.39 is 5.60 Å². The van der Waals surface area contributed by atoms with E-state index in [4.69, 9.17) is 0 Å². The number of hydrogen-bond acceptors (Lipinski definition) is 3. The smallest absolute Gasteiger partial charge is 0.268 e. The first-order valence-corrected chi connectivity index (χ1v) is 6.98. The van der Waals surface area contributed by atoms with E-state index in [2.05, 4.69) is 13.8 Å². The maximum atomic E-state index is 12.2. The molecule has 0 aliphatic heterocycles. The van der Waals surface area contributed by atoms with Gasteiger partial charge in [0.1, 0.15) is 0 Å². The molecule has 0 amide bonds. The zero-order chi connectivity index (χ0) is 13.3. The minimum atomic E-state index is -0.834. The quantitative estimate of drug-likeness (QED) is 0.923. The molecule has 0 aliphatic carbocycles. The summed E-state index contributed by atoms with van der Waals surface area (Å²) >= 11 is 1.42. The van der Waals surface area contributed by atoms with E-state index in [0.29, 0.717) is 18.9 Å². The number of fused-ring (bicyclic) bond motifs is 1. The SMILES string of the molecule is CC(C)CC(C)(O)Cn1sc2ccccc2c1=O. The van der Waals surface area contributed by atoms with Gasteiger partial charge in [0.25, 0.3) is 5.56 Å². The van der Waals surface area contributed by atoms with Crippen molar-refractivity contribution in [1.29, 1.82) is 0 Å². The molecule has 1 unspecified atom stereocenters. The molecule has 18 heavy (non-hydrogen) atoms. The van der Waals surface area contributed by atoms with Crippen LogP contribution in [0.5, 0.6) is 0 Å². The predicted octanol–water partition coefficient (Wildman–Crippen LogP) is 2.86. The lowest BCUT2D eigenvalue weighted by Crippen LogP contribution is -2.34. The number of aliphatic hydroxyl groups is 1. The van der Waals surface area contributed by atoms with Gasteiger partial charge >= 0.3 is 0 Å². The van der Waals surface area contributed by atoms with Crippen molar-refractivity contribution in [3.8, 4) is 0 Å². The first-order chi connectivity index (χ1) is 8.39. The van der Waals surface area contributed by atoms with Crippen LogP contribution in [0, 0.1) is 5.92 Å². The van der Waals surface area contributed by atoms with Crippen LogP contribution in [-0.4, -0.2) is 14.7 Å². The number of hydrogen-bond donors (Lipinski definition) is 1. The lowest BCUT2D eigenvalue weighted by molar-refractivity contribution is 0.0235. The second kappa shape index (κ2) is 4.86. The van der Waals surface area contributed by atoms with Gasteiger partial charge in [0.05, 0.1) is 22.2 Å². The third kappa shape index (κ3) is 2.82. The van der Waals surface area contributed by atoms with Gasteiger partial charge in [-0.2, -0.15) is 0 Å². The van der Waals surface area contributed by atoms with E-state index in [1.807, 2.05) is 24.3 Å². The van der Waals surface area contributed by atoms with E-state index >= 15 is 0 Å². The third-order valence-electron chi connectivity index (χ3n) is 2.88. The van der Waals surface area contributed by atoms with Crippen molar-refractivity contribution in [2.75, 3.05) is 0 Å². The number of rotatable bonds is 4. The molecule has 0 radical (unpaired) electrons. The summed E-state index contributed by atoms with van der Waals surface area (Å²) in [6.07, 6.45) is 0.688. The van der Waals surface area contributed by atoms with Gasteiger partial charge in [-0.25, -0.2) is 0 Å². The van der Waals surface area contributed by atoms with E-state index in [1.165, 1.54) is 11.5 Å². The van der Waals surface area contributed by atoms with Crippen LogP contribution in [0.4, 0.5) is 0 Å². The molecule has 0 fully saturated rings. The summed E-state index contributed by atoms with van der Waals surface area (Å²) in [4.78, 5) is 12.2. The van der Waals surface area contributed by atoms with Gasteiger partial charge < -0.3 is 5.11 Å². The molecular formula is C14H19NO2S. The Morgan fingerprint density at radius 2 is 2.06 bits per heavy atom. The van der Waals surface area contributed by atoms with Crippen LogP contribution in [0.3, 0.4) is 0 Å². The normalized spacial score (nSPS) is 15.2. The monoisotopic (exact) mass is 265 g/mol. The molecule has 0 bridgehead atoms. The average molecular weight is 265 g/mol. The summed E-state index contributed by atoms with van der Waals surface area (Å²) in [5, 5.41) is 11.1. The standard InChI is InChI=1S/C14H19NO2S/c1-10(2)8-14(3,17)9-15-13(16)11-6-4-5-7-12(11)18-15/h4-7,10,17H,8-9H2,1-3H3. The van der Waals surface area contributed by atoms with E-state index in [0.717, 1.165) is 10.1 Å². The minimum absolute atomic E-state index is 0.000342. The van der Waals surface area contributed by atoms with Crippen LogP contribution >= 0.6 is 11.5 Å². The van der Waals surface area contributed by atoms with Crippen LogP contribution < -0.4 is 5.56 Å². The molecule has 1 N–H and O–H groups in total. The Balaban J connectivity index is 2.32. The van der Waals surface area contributed by atoms with E-state index in [1.54, 1.807) is 10.9 Å². The Morgan fingerprint density at radius 3 is 2.67 bits per heavy atom. The molecule has 98 valence electrons. The summed E-state index contributed by atoms with van der Waals surface area (Å²) in [5.41, 5.74) is -0.835. The van der Waals surface area contributed by atoms with Gasteiger partial charge in [-0.3, -0.25) is 8.75 Å². The van der Waals surface area contributed by atoms with Crippen molar-refractivity contribution >= 4 is 21.6 Å². The van der Waals surface area contributed by atoms with Crippen molar-refractivity contribution in [2.45, 2.75) is 39.3 Å². The molecule has 4 heteroatoms. The Labute approximate surface area is 111 Å². The van der Waals surface area contributed by atoms with Crippen molar-refractivity contribution in [2.24, 2.45) is 5.92 Å². The molecule has 0 saturated heterocycles. The fourth-order valence-electron chi connectivity index (χ4n) is 2.37. The number of benzene rings is 1. The summed E-state index contributed by atoms with van der Waals surface area (Å²) in [6, 6.07) is 7.57. The molecule has 1 atom stereocenters. The van der Waals surface area contributed by atoms with E-state index in [9.17, 15) is 9.90 Å². The summed E-state index contributed by atoms with van der Waals surface area (Å²) in [7, 11) is 0. The molecule has 2 aromatic rings. The van der Waals surface area contributed by atoms with Crippen LogP contribution in [0.1, 0.15) is 27.2 Å². The fraction of sp³-hybridized carbons (Fsp3) is 0.500. The molecule has 2 rings (SSSR count). The highest BCUT2D eigenvalue weighted by molar-refractivity contribution is 7.13. The Hall–Kier alpha value is -1.13. The maximum Gasteiger partial charge on any atom is 0.268 e. The van der Waals surface area contributed by atoms with Gasteiger partial charge in [-0.15, -0.1) is 0 Å². The first kappa shape index (κ1) is 13.3. The first-order valence-electron chi connectivity index (χ1n) is 6.20. The Kier molecular flexibility index (Phi) is 3.59. The lowest BCUT2D eigenvalue weighted by Gasteiger charge is -2.24. The third-order valence-corrected chi connectivity index (χ3v) is 3.95. The second-order valence-corrected chi connectivity index (χ2v) is 6.59. The Bertz CT molecular complexity index is 595. The molecule has 0 spiro atoms. The zero-order valence-electron chi connectivity index (χ0n) is 11.0. The topological polar surface area (TPSA) is 42.2 Å². The van der Waals surface area contributed by atoms with Gasteiger partial charge in [0.2, 0.25) is 0 Å². The second-order valence-electron chi connectivity index (χ2n) is 5.52.